The van der Waals surface area contributed by atoms with E-state index in [0.717, 1.165) is 0 Å². The maximum atomic E-state index is 12.3. The molecule has 0 unspecified atom stereocenters. The highest BCUT2D eigenvalue weighted by molar-refractivity contribution is 6.30. The van der Waals surface area contributed by atoms with Gasteiger partial charge in [-0.3, -0.25) is 5.01 Å². The summed E-state index contributed by atoms with van der Waals surface area (Å²) in [5, 5.41) is 1.81. The van der Waals surface area contributed by atoms with Crippen LogP contribution in [0.2, 0.25) is 5.02 Å². The predicted molar refractivity (Wildman–Crippen MR) is 83.7 cm³/mol. The van der Waals surface area contributed by atoms with Crippen molar-refractivity contribution in [3.05, 3.63) is 58.3 Å². The first-order valence-corrected chi connectivity index (χ1v) is 6.83. The molecule has 0 aliphatic carbocycles. The minimum absolute atomic E-state index is 0.176. The van der Waals surface area contributed by atoms with Gasteiger partial charge in [0.1, 0.15) is 5.82 Å². The zero-order valence-corrected chi connectivity index (χ0v) is 12.4. The summed E-state index contributed by atoms with van der Waals surface area (Å²) in [6.45, 7) is 5.85. The Hall–Kier alpha value is -2.18. The Morgan fingerprint density at radius 1 is 1.48 bits per heavy atom. The first-order valence-electron chi connectivity index (χ1n) is 6.45. The minimum atomic E-state index is -0.446. The highest BCUT2D eigenvalue weighted by Crippen LogP contribution is 2.15. The number of hydrogen-bond donors (Lipinski definition) is 1. The molecule has 0 saturated heterocycles. The average molecular weight is 306 g/mol. The molecule has 1 aromatic carbocycles. The molecule has 2 N–H and O–H groups in total. The largest absolute Gasteiger partial charge is 0.356 e. The highest BCUT2D eigenvalue weighted by atomic mass is 35.5. The third kappa shape index (κ3) is 3.29. The van der Waals surface area contributed by atoms with Gasteiger partial charge in [0.25, 0.3) is 0 Å². The average Bonchev–Trinajstić information content (AvgIpc) is 2.46. The number of nitrogens with two attached hydrogens (primary N) is 1. The van der Waals surface area contributed by atoms with E-state index in [-0.39, 0.29) is 5.95 Å². The van der Waals surface area contributed by atoms with Crippen LogP contribution in [0.15, 0.2) is 41.7 Å². The van der Waals surface area contributed by atoms with Crippen molar-refractivity contribution in [2.45, 2.75) is 13.3 Å². The molecule has 1 heterocycles. The van der Waals surface area contributed by atoms with Crippen molar-refractivity contribution in [3.63, 3.8) is 0 Å². The molecule has 6 nitrogen and oxygen atoms in total. The van der Waals surface area contributed by atoms with E-state index in [4.69, 9.17) is 17.4 Å². The molecule has 7 heteroatoms. The molecule has 2 aromatic rings. The molecule has 0 radical (unpaired) electrons. The lowest BCUT2D eigenvalue weighted by molar-refractivity contribution is 0.740. The molecular formula is C14H16ClN5O. The number of aromatic nitrogens is 3. The highest BCUT2D eigenvalue weighted by Gasteiger charge is 2.13. The number of hydrazine groups is 1. The second kappa shape index (κ2) is 6.51. The van der Waals surface area contributed by atoms with Crippen LogP contribution in [0.3, 0.4) is 0 Å². The monoisotopic (exact) mass is 305 g/mol. The summed E-state index contributed by atoms with van der Waals surface area (Å²) in [7, 11) is 0. The first-order chi connectivity index (χ1) is 10.1. The van der Waals surface area contributed by atoms with E-state index in [2.05, 4.69) is 16.5 Å². The Morgan fingerprint density at radius 2 is 2.24 bits per heavy atom. The molecule has 0 amide bonds. The summed E-state index contributed by atoms with van der Waals surface area (Å²) >= 11 is 5.97. The smallest absolute Gasteiger partial charge is 0.275 e. The summed E-state index contributed by atoms with van der Waals surface area (Å²) in [5.41, 5.74) is 0.182. The maximum Gasteiger partial charge on any atom is 0.356 e. The second-order valence-corrected chi connectivity index (χ2v) is 4.77. The summed E-state index contributed by atoms with van der Waals surface area (Å²) < 4.78 is 1.43. The lowest BCUT2D eigenvalue weighted by Crippen LogP contribution is -2.37. The van der Waals surface area contributed by atoms with Crippen molar-refractivity contribution < 1.29 is 0 Å². The van der Waals surface area contributed by atoms with Crippen LogP contribution >= 0.6 is 11.6 Å². The maximum absolute atomic E-state index is 12.3. The van der Waals surface area contributed by atoms with Gasteiger partial charge in [0.05, 0.1) is 12.2 Å². The molecule has 2 rings (SSSR count). The van der Waals surface area contributed by atoms with Crippen molar-refractivity contribution in [2.75, 3.05) is 11.6 Å². The van der Waals surface area contributed by atoms with Crippen LogP contribution in [0.5, 0.6) is 0 Å². The summed E-state index contributed by atoms with van der Waals surface area (Å²) in [4.78, 5) is 20.6. The Balaban J connectivity index is 2.58. The van der Waals surface area contributed by atoms with Gasteiger partial charge in [0.15, 0.2) is 0 Å². The van der Waals surface area contributed by atoms with Gasteiger partial charge in [-0.05, 0) is 18.2 Å². The number of nitrogens with zero attached hydrogens (tertiary/aromatic N) is 4. The third-order valence-electron chi connectivity index (χ3n) is 2.84. The molecule has 21 heavy (non-hydrogen) atoms. The van der Waals surface area contributed by atoms with E-state index in [0.29, 0.717) is 29.5 Å². The van der Waals surface area contributed by atoms with Crippen molar-refractivity contribution in [2.24, 2.45) is 5.84 Å². The van der Waals surface area contributed by atoms with Crippen LogP contribution in [0, 0.1) is 0 Å². The minimum Gasteiger partial charge on any atom is -0.275 e. The summed E-state index contributed by atoms with van der Waals surface area (Å²) in [6.07, 6.45) is 2.16. The molecular weight excluding hydrogens is 290 g/mol. The SMILES string of the molecule is C=CCN(N)c1nc(CC)n(-c2cccc(Cl)c2)c(=O)n1. The Labute approximate surface area is 127 Å². The van der Waals surface area contributed by atoms with Gasteiger partial charge < -0.3 is 0 Å². The van der Waals surface area contributed by atoms with E-state index in [1.54, 1.807) is 30.3 Å². The Morgan fingerprint density at radius 3 is 2.86 bits per heavy atom. The van der Waals surface area contributed by atoms with Crippen molar-refractivity contribution in [1.82, 2.24) is 14.5 Å². The van der Waals surface area contributed by atoms with Crippen LogP contribution < -0.4 is 16.5 Å². The quantitative estimate of drug-likeness (QED) is 0.517. The zero-order valence-electron chi connectivity index (χ0n) is 11.7. The van der Waals surface area contributed by atoms with Gasteiger partial charge in [-0.15, -0.1) is 6.58 Å². The van der Waals surface area contributed by atoms with Gasteiger partial charge in [0.2, 0.25) is 5.95 Å². The van der Waals surface area contributed by atoms with Crippen LogP contribution in [-0.4, -0.2) is 21.1 Å². The van der Waals surface area contributed by atoms with Crippen LogP contribution in [0.25, 0.3) is 5.69 Å². The number of aryl methyl sites for hydroxylation is 1. The molecule has 110 valence electrons. The van der Waals surface area contributed by atoms with Crippen molar-refractivity contribution in [3.8, 4) is 5.69 Å². The lowest BCUT2D eigenvalue weighted by atomic mass is 10.3. The van der Waals surface area contributed by atoms with E-state index < -0.39 is 5.69 Å². The standard InChI is InChI=1S/C14H16ClN5O/c1-3-8-19(16)13-17-12(4-2)20(14(21)18-13)11-7-5-6-10(15)9-11/h3,5-7,9H,1,4,8,16H2,2H3. The van der Waals surface area contributed by atoms with E-state index >= 15 is 0 Å². The normalized spacial score (nSPS) is 10.4. The molecule has 0 aliphatic rings. The number of rotatable bonds is 5. The first kappa shape index (κ1) is 15.2. The van der Waals surface area contributed by atoms with Gasteiger partial charge >= 0.3 is 5.69 Å². The number of benzene rings is 1. The summed E-state index contributed by atoms with van der Waals surface area (Å²) in [6, 6.07) is 6.97. The van der Waals surface area contributed by atoms with E-state index in [1.807, 2.05) is 6.92 Å². The molecule has 0 aliphatic heterocycles. The number of anilines is 1. The Kier molecular flexibility index (Phi) is 4.72. The van der Waals surface area contributed by atoms with Gasteiger partial charge in [-0.25, -0.2) is 15.2 Å². The zero-order chi connectivity index (χ0) is 15.4. The van der Waals surface area contributed by atoms with E-state index in [1.165, 1.54) is 9.58 Å². The Bertz CT molecular complexity index is 713. The fourth-order valence-corrected chi connectivity index (χ4v) is 2.08. The van der Waals surface area contributed by atoms with Crippen molar-refractivity contribution >= 4 is 17.5 Å². The lowest BCUT2D eigenvalue weighted by Gasteiger charge is -2.17. The molecule has 1 aromatic heterocycles. The summed E-state index contributed by atoms with van der Waals surface area (Å²) in [5.74, 6) is 6.52. The number of hydrogen-bond acceptors (Lipinski definition) is 5. The van der Waals surface area contributed by atoms with Crippen LogP contribution in [-0.2, 0) is 6.42 Å². The number of halogens is 1. The fraction of sp³-hybridized carbons (Fsp3) is 0.214. The van der Waals surface area contributed by atoms with Gasteiger partial charge in [-0.2, -0.15) is 9.97 Å². The predicted octanol–water partition coefficient (Wildman–Crippen LogP) is 1.71. The molecule has 0 fully saturated rings. The molecule has 0 bridgehead atoms. The topological polar surface area (TPSA) is 77.0 Å². The third-order valence-corrected chi connectivity index (χ3v) is 3.07. The van der Waals surface area contributed by atoms with E-state index in [9.17, 15) is 4.79 Å². The van der Waals surface area contributed by atoms with Crippen LogP contribution in [0.4, 0.5) is 5.95 Å². The second-order valence-electron chi connectivity index (χ2n) is 4.33. The molecule has 0 spiro atoms. The fourth-order valence-electron chi connectivity index (χ4n) is 1.90. The van der Waals surface area contributed by atoms with Gasteiger partial charge in [0, 0.05) is 11.4 Å². The van der Waals surface area contributed by atoms with Gasteiger partial charge in [-0.1, -0.05) is 30.7 Å². The van der Waals surface area contributed by atoms with Crippen LogP contribution in [0.1, 0.15) is 12.7 Å². The molecule has 0 saturated carbocycles. The molecule has 0 atom stereocenters. The van der Waals surface area contributed by atoms with Crippen molar-refractivity contribution in [1.29, 1.82) is 0 Å².